The van der Waals surface area contributed by atoms with E-state index < -0.39 is 0 Å². The summed E-state index contributed by atoms with van der Waals surface area (Å²) in [5.74, 6) is 0. The second kappa shape index (κ2) is 1.79. The van der Waals surface area contributed by atoms with E-state index in [0.717, 1.165) is 0 Å². The SMILES string of the molecule is O=c1[nH][nH]nc1CO. The van der Waals surface area contributed by atoms with Crippen molar-refractivity contribution in [1.82, 2.24) is 15.4 Å². The van der Waals surface area contributed by atoms with Gasteiger partial charge in [-0.15, -0.1) is 0 Å². The highest BCUT2D eigenvalue weighted by atomic mass is 16.3. The molecule has 5 heteroatoms. The zero-order valence-electron chi connectivity index (χ0n) is 4.01. The molecule has 0 aliphatic heterocycles. The van der Waals surface area contributed by atoms with Crippen molar-refractivity contribution in [1.29, 1.82) is 0 Å². The maximum Gasteiger partial charge on any atom is 0.289 e. The predicted molar refractivity (Wildman–Crippen MR) is 25.1 cm³/mol. The Bertz CT molecular complexity index is 212. The van der Waals surface area contributed by atoms with Gasteiger partial charge in [0.2, 0.25) is 0 Å². The largest absolute Gasteiger partial charge is 0.390 e. The fourth-order valence-corrected chi connectivity index (χ4v) is 0.376. The fourth-order valence-electron chi connectivity index (χ4n) is 0.376. The van der Waals surface area contributed by atoms with Gasteiger partial charge in [-0.25, -0.2) is 10.3 Å². The molecule has 0 atom stereocenters. The Balaban J connectivity index is 3.11. The van der Waals surface area contributed by atoms with Crippen LogP contribution in [0, 0.1) is 0 Å². The van der Waals surface area contributed by atoms with E-state index in [1.165, 1.54) is 0 Å². The van der Waals surface area contributed by atoms with E-state index in [0.29, 0.717) is 0 Å². The molecule has 1 heterocycles. The fraction of sp³-hybridized carbons (Fsp3) is 0.333. The molecule has 1 aromatic heterocycles. The zero-order chi connectivity index (χ0) is 5.98. The first-order valence-corrected chi connectivity index (χ1v) is 2.07. The third kappa shape index (κ3) is 0.627. The molecule has 0 radical (unpaired) electrons. The minimum atomic E-state index is -0.368. The number of hydrogen-bond donors (Lipinski definition) is 3. The molecule has 0 amide bonds. The zero-order valence-corrected chi connectivity index (χ0v) is 4.01. The molecule has 1 rings (SSSR count). The van der Waals surface area contributed by atoms with Gasteiger partial charge < -0.3 is 5.11 Å². The Morgan fingerprint density at radius 3 is 2.75 bits per heavy atom. The molecule has 0 unspecified atom stereocenters. The van der Waals surface area contributed by atoms with Gasteiger partial charge in [0.05, 0.1) is 6.61 Å². The number of aromatic nitrogens is 3. The number of H-pyrrole nitrogens is 2. The highest BCUT2D eigenvalue weighted by Crippen LogP contribution is 1.74. The number of nitrogens with one attached hydrogen (secondary N) is 2. The van der Waals surface area contributed by atoms with Crippen LogP contribution >= 0.6 is 0 Å². The van der Waals surface area contributed by atoms with Crippen molar-refractivity contribution in [3.8, 4) is 0 Å². The van der Waals surface area contributed by atoms with Crippen LogP contribution < -0.4 is 5.56 Å². The van der Waals surface area contributed by atoms with Crippen molar-refractivity contribution in [2.75, 3.05) is 0 Å². The highest BCUT2D eigenvalue weighted by Gasteiger charge is 1.95. The average molecular weight is 115 g/mol. The molecule has 0 bridgehead atoms. The van der Waals surface area contributed by atoms with Crippen LogP contribution in [0.2, 0.25) is 0 Å². The monoisotopic (exact) mass is 115 g/mol. The van der Waals surface area contributed by atoms with Gasteiger partial charge in [-0.1, -0.05) is 0 Å². The normalized spacial score (nSPS) is 9.62. The molecule has 3 N–H and O–H groups in total. The van der Waals surface area contributed by atoms with Crippen LogP contribution in [0.4, 0.5) is 0 Å². The van der Waals surface area contributed by atoms with Crippen LogP contribution in [-0.4, -0.2) is 20.5 Å². The van der Waals surface area contributed by atoms with Gasteiger partial charge in [0.25, 0.3) is 5.56 Å². The first-order chi connectivity index (χ1) is 3.84. The molecule has 44 valence electrons. The van der Waals surface area contributed by atoms with Gasteiger partial charge in [0, 0.05) is 0 Å². The summed E-state index contributed by atoms with van der Waals surface area (Å²) in [5, 5.41) is 16.1. The van der Waals surface area contributed by atoms with Crippen molar-refractivity contribution < 1.29 is 5.11 Å². The van der Waals surface area contributed by atoms with Crippen LogP contribution in [0.25, 0.3) is 0 Å². The van der Waals surface area contributed by atoms with Crippen LogP contribution in [-0.2, 0) is 6.61 Å². The van der Waals surface area contributed by atoms with Crippen molar-refractivity contribution in [3.05, 3.63) is 16.0 Å². The van der Waals surface area contributed by atoms with E-state index in [2.05, 4.69) is 15.4 Å². The summed E-state index contributed by atoms with van der Waals surface area (Å²) in [4.78, 5) is 10.3. The van der Waals surface area contributed by atoms with E-state index in [4.69, 9.17) is 5.11 Å². The molecule has 0 saturated carbocycles. The summed E-state index contributed by atoms with van der Waals surface area (Å²) in [6, 6.07) is 0. The van der Waals surface area contributed by atoms with E-state index >= 15 is 0 Å². The first kappa shape index (κ1) is 5.04. The van der Waals surface area contributed by atoms with Gasteiger partial charge in [-0.3, -0.25) is 4.79 Å². The molecule has 8 heavy (non-hydrogen) atoms. The van der Waals surface area contributed by atoms with Gasteiger partial charge in [-0.05, 0) is 0 Å². The quantitative estimate of drug-likeness (QED) is 0.420. The molecule has 0 aliphatic carbocycles. The number of rotatable bonds is 1. The first-order valence-electron chi connectivity index (χ1n) is 2.07. The van der Waals surface area contributed by atoms with E-state index in [1.54, 1.807) is 0 Å². The Hall–Kier alpha value is -1.10. The standard InChI is InChI=1S/C3H5N3O2/c7-1-2-3(8)5-6-4-2/h7H,1H2,(H2,4,5,6,8). The highest BCUT2D eigenvalue weighted by molar-refractivity contribution is 4.87. The van der Waals surface area contributed by atoms with Crippen LogP contribution in [0.3, 0.4) is 0 Å². The molecule has 5 nitrogen and oxygen atoms in total. The molecule has 0 saturated heterocycles. The summed E-state index contributed by atoms with van der Waals surface area (Å²) >= 11 is 0. The van der Waals surface area contributed by atoms with E-state index in [9.17, 15) is 4.79 Å². The second-order valence-corrected chi connectivity index (χ2v) is 1.28. The van der Waals surface area contributed by atoms with Crippen molar-refractivity contribution >= 4 is 0 Å². The van der Waals surface area contributed by atoms with Gasteiger partial charge in [0.15, 0.2) is 5.69 Å². The Labute approximate surface area is 44.3 Å². The summed E-state index contributed by atoms with van der Waals surface area (Å²) < 4.78 is 0. The molecule has 0 aliphatic rings. The van der Waals surface area contributed by atoms with Gasteiger partial charge in [0.1, 0.15) is 0 Å². The summed E-state index contributed by atoms with van der Waals surface area (Å²) in [6.07, 6.45) is 0. The lowest BCUT2D eigenvalue weighted by Crippen LogP contribution is -2.05. The van der Waals surface area contributed by atoms with E-state index in [1.807, 2.05) is 0 Å². The molecule has 0 fully saturated rings. The van der Waals surface area contributed by atoms with Crippen molar-refractivity contribution in [2.24, 2.45) is 0 Å². The number of aliphatic hydroxyl groups excluding tert-OH is 1. The van der Waals surface area contributed by atoms with Crippen LogP contribution in [0.1, 0.15) is 5.69 Å². The maximum atomic E-state index is 10.3. The lowest BCUT2D eigenvalue weighted by molar-refractivity contribution is 0.275. The second-order valence-electron chi connectivity index (χ2n) is 1.28. The minimum Gasteiger partial charge on any atom is -0.390 e. The summed E-state index contributed by atoms with van der Waals surface area (Å²) in [5.41, 5.74) is -0.252. The maximum absolute atomic E-state index is 10.3. The van der Waals surface area contributed by atoms with Gasteiger partial charge in [-0.2, -0.15) is 5.10 Å². The lowest BCUT2D eigenvalue weighted by Gasteiger charge is -1.74. The molecular formula is C3H5N3O2. The molecular weight excluding hydrogens is 110 g/mol. The predicted octanol–water partition coefficient (Wildman–Crippen LogP) is -1.41. The topological polar surface area (TPSA) is 81.8 Å². The summed E-state index contributed by atoms with van der Waals surface area (Å²) in [7, 11) is 0. The Morgan fingerprint density at radius 2 is 2.50 bits per heavy atom. The Kier molecular flexibility index (Phi) is 1.13. The third-order valence-corrected chi connectivity index (χ3v) is 0.772. The molecule has 1 aromatic rings. The number of nitrogens with zero attached hydrogens (tertiary/aromatic N) is 1. The average Bonchev–Trinajstić information content (AvgIpc) is 2.14. The number of hydrogen-bond acceptors (Lipinski definition) is 3. The summed E-state index contributed by atoms with van der Waals surface area (Å²) in [6.45, 7) is -0.321. The van der Waals surface area contributed by atoms with E-state index in [-0.39, 0.29) is 17.9 Å². The van der Waals surface area contributed by atoms with Gasteiger partial charge >= 0.3 is 0 Å². The number of aromatic amines is 2. The third-order valence-electron chi connectivity index (χ3n) is 0.772. The van der Waals surface area contributed by atoms with Crippen molar-refractivity contribution in [3.63, 3.8) is 0 Å². The minimum absolute atomic E-state index is 0.116. The van der Waals surface area contributed by atoms with Crippen LogP contribution in [0.5, 0.6) is 0 Å². The van der Waals surface area contributed by atoms with Crippen LogP contribution in [0.15, 0.2) is 4.79 Å². The Morgan fingerprint density at radius 1 is 1.75 bits per heavy atom. The molecule has 0 aromatic carbocycles. The smallest absolute Gasteiger partial charge is 0.289 e. The molecule has 0 spiro atoms. The lowest BCUT2D eigenvalue weighted by atomic mass is 10.5. The van der Waals surface area contributed by atoms with Crippen molar-refractivity contribution in [2.45, 2.75) is 6.61 Å². The number of aliphatic hydroxyl groups is 1.